The standard InChI is InChI=1S/C16H25N7O/c1-10(2)23-15(17)14(13(21-23)9-22(3)4)20-11-5-7-12(8-6-11)24-16(18)19/h5-8,10,16-17H,9,18-19H2,1-4H3. The van der Waals surface area contributed by atoms with E-state index < -0.39 is 6.35 Å². The second kappa shape index (κ2) is 7.52. The van der Waals surface area contributed by atoms with Crippen molar-refractivity contribution in [2.75, 3.05) is 20.6 Å². The fraction of sp³-hybridized carbons (Fsp3) is 0.438. The maximum atomic E-state index is 8.36. The Kier molecular flexibility index (Phi) is 5.66. The summed E-state index contributed by atoms with van der Waals surface area (Å²) in [6, 6.07) is 7.18. The van der Waals surface area contributed by atoms with E-state index in [1.165, 1.54) is 0 Å². The molecule has 1 aromatic rings. The van der Waals surface area contributed by atoms with Crippen LogP contribution >= 0.6 is 0 Å². The van der Waals surface area contributed by atoms with Crippen molar-refractivity contribution < 1.29 is 4.74 Å². The van der Waals surface area contributed by atoms with Gasteiger partial charge < -0.3 is 9.64 Å². The van der Waals surface area contributed by atoms with Crippen LogP contribution in [0.25, 0.3) is 0 Å². The van der Waals surface area contributed by atoms with E-state index >= 15 is 0 Å². The third-order valence-electron chi connectivity index (χ3n) is 3.26. The van der Waals surface area contributed by atoms with Gasteiger partial charge in [-0.3, -0.25) is 16.9 Å². The van der Waals surface area contributed by atoms with Crippen LogP contribution in [0.4, 0.5) is 5.69 Å². The maximum absolute atomic E-state index is 8.36. The molecule has 8 nitrogen and oxygen atoms in total. The minimum atomic E-state index is -0.858. The zero-order chi connectivity index (χ0) is 17.9. The molecule has 1 aliphatic heterocycles. The van der Waals surface area contributed by atoms with Gasteiger partial charge in [0, 0.05) is 12.6 Å². The Labute approximate surface area is 142 Å². The number of nitrogens with two attached hydrogens (primary N) is 2. The van der Waals surface area contributed by atoms with Crippen molar-refractivity contribution >= 4 is 22.9 Å². The van der Waals surface area contributed by atoms with Crippen LogP contribution in [-0.2, 0) is 0 Å². The highest BCUT2D eigenvalue weighted by atomic mass is 16.5. The highest BCUT2D eigenvalue weighted by Crippen LogP contribution is 2.21. The molecule has 8 heteroatoms. The van der Waals surface area contributed by atoms with E-state index in [4.69, 9.17) is 21.6 Å². The number of amidine groups is 1. The van der Waals surface area contributed by atoms with E-state index in [0.29, 0.717) is 29.5 Å². The lowest BCUT2D eigenvalue weighted by Gasteiger charge is -2.17. The predicted molar refractivity (Wildman–Crippen MR) is 97.0 cm³/mol. The van der Waals surface area contributed by atoms with Gasteiger partial charge in [0.15, 0.2) is 5.84 Å². The first kappa shape index (κ1) is 18.1. The zero-order valence-corrected chi connectivity index (χ0v) is 14.5. The van der Waals surface area contributed by atoms with Crippen LogP contribution in [0, 0.1) is 5.41 Å². The second-order valence-corrected chi connectivity index (χ2v) is 6.11. The van der Waals surface area contributed by atoms with E-state index in [1.54, 1.807) is 29.3 Å². The molecule has 0 amide bonds. The lowest BCUT2D eigenvalue weighted by atomic mass is 10.2. The number of benzene rings is 1. The van der Waals surface area contributed by atoms with Crippen molar-refractivity contribution in [3.63, 3.8) is 0 Å². The third-order valence-corrected chi connectivity index (χ3v) is 3.26. The Morgan fingerprint density at radius 3 is 2.38 bits per heavy atom. The minimum Gasteiger partial charge on any atom is -0.463 e. The summed E-state index contributed by atoms with van der Waals surface area (Å²) in [5.41, 5.74) is 12.9. The van der Waals surface area contributed by atoms with Gasteiger partial charge in [-0.05, 0) is 52.2 Å². The molecule has 0 aromatic heterocycles. The Morgan fingerprint density at radius 1 is 1.25 bits per heavy atom. The highest BCUT2D eigenvalue weighted by molar-refractivity contribution is 6.70. The number of rotatable bonds is 6. The first-order valence-corrected chi connectivity index (χ1v) is 7.75. The van der Waals surface area contributed by atoms with Gasteiger partial charge in [-0.1, -0.05) is 0 Å². The van der Waals surface area contributed by atoms with E-state index in [9.17, 15) is 0 Å². The van der Waals surface area contributed by atoms with Crippen molar-refractivity contribution in [1.82, 2.24) is 9.91 Å². The summed E-state index contributed by atoms with van der Waals surface area (Å²) in [5, 5.41) is 14.6. The molecule has 0 atom stereocenters. The molecule has 0 aliphatic carbocycles. The van der Waals surface area contributed by atoms with Gasteiger partial charge in [0.2, 0.25) is 6.35 Å². The summed E-state index contributed by atoms with van der Waals surface area (Å²) in [5.74, 6) is 0.882. The maximum Gasteiger partial charge on any atom is 0.201 e. The van der Waals surface area contributed by atoms with Gasteiger partial charge in [-0.15, -0.1) is 0 Å². The van der Waals surface area contributed by atoms with E-state index in [0.717, 1.165) is 5.71 Å². The molecular weight excluding hydrogens is 306 g/mol. The van der Waals surface area contributed by atoms with E-state index in [1.807, 2.05) is 32.8 Å². The third kappa shape index (κ3) is 4.38. The summed E-state index contributed by atoms with van der Waals surface area (Å²) in [4.78, 5) is 6.61. The second-order valence-electron chi connectivity index (χ2n) is 6.11. The molecule has 1 heterocycles. The fourth-order valence-electron chi connectivity index (χ4n) is 2.26. The Balaban J connectivity index is 2.28. The number of ether oxygens (including phenoxy) is 1. The summed E-state index contributed by atoms with van der Waals surface area (Å²) in [7, 11) is 3.92. The lowest BCUT2D eigenvalue weighted by Crippen LogP contribution is -2.36. The van der Waals surface area contributed by atoms with Crippen LogP contribution in [0.1, 0.15) is 13.8 Å². The zero-order valence-electron chi connectivity index (χ0n) is 14.5. The topological polar surface area (TPSA) is 116 Å². The molecule has 0 unspecified atom stereocenters. The van der Waals surface area contributed by atoms with Crippen LogP contribution < -0.4 is 16.2 Å². The Hall–Kier alpha value is -2.29. The average Bonchev–Trinajstić information content (AvgIpc) is 2.77. The number of hydrazone groups is 1. The average molecular weight is 331 g/mol. The quantitative estimate of drug-likeness (QED) is 0.671. The van der Waals surface area contributed by atoms with Gasteiger partial charge >= 0.3 is 0 Å². The summed E-state index contributed by atoms with van der Waals surface area (Å²) >= 11 is 0. The largest absolute Gasteiger partial charge is 0.463 e. The molecule has 0 spiro atoms. The molecular formula is C16H25N7O. The first-order valence-electron chi connectivity index (χ1n) is 7.75. The van der Waals surface area contributed by atoms with Crippen molar-refractivity contribution in [2.24, 2.45) is 21.6 Å². The summed E-state index contributed by atoms with van der Waals surface area (Å²) < 4.78 is 5.21. The van der Waals surface area contributed by atoms with Gasteiger partial charge in [-0.2, -0.15) is 5.10 Å². The molecule has 1 aliphatic rings. The number of aliphatic imine (C=N–C) groups is 1. The molecule has 0 saturated heterocycles. The molecule has 24 heavy (non-hydrogen) atoms. The van der Waals surface area contributed by atoms with E-state index in [-0.39, 0.29) is 6.04 Å². The van der Waals surface area contributed by atoms with Gasteiger partial charge in [-0.25, -0.2) is 10.0 Å². The monoisotopic (exact) mass is 331 g/mol. The smallest absolute Gasteiger partial charge is 0.201 e. The Bertz CT molecular complexity index is 647. The molecule has 0 saturated carbocycles. The van der Waals surface area contributed by atoms with Gasteiger partial charge in [0.25, 0.3) is 0 Å². The minimum absolute atomic E-state index is 0.101. The molecule has 1 aromatic carbocycles. The molecule has 0 bridgehead atoms. The Morgan fingerprint density at radius 2 is 1.88 bits per heavy atom. The van der Waals surface area contributed by atoms with Crippen LogP contribution in [0.5, 0.6) is 5.75 Å². The number of nitrogens with zero attached hydrogens (tertiary/aromatic N) is 4. The van der Waals surface area contributed by atoms with Gasteiger partial charge in [0.1, 0.15) is 17.2 Å². The number of nitrogens with one attached hydrogen (secondary N) is 1. The SMILES string of the molecule is CC(C)N1N=C(CN(C)C)C(=Nc2ccc(OC(N)N)cc2)C1=N. The van der Waals surface area contributed by atoms with Crippen molar-refractivity contribution in [1.29, 1.82) is 5.41 Å². The first-order chi connectivity index (χ1) is 11.3. The molecule has 130 valence electrons. The van der Waals surface area contributed by atoms with Crippen molar-refractivity contribution in [2.45, 2.75) is 26.2 Å². The van der Waals surface area contributed by atoms with Gasteiger partial charge in [0.05, 0.1) is 5.69 Å². The van der Waals surface area contributed by atoms with Crippen LogP contribution in [0.3, 0.4) is 0 Å². The lowest BCUT2D eigenvalue weighted by molar-refractivity contribution is 0.217. The van der Waals surface area contributed by atoms with Crippen LogP contribution in [-0.4, -0.2) is 60.2 Å². The summed E-state index contributed by atoms with van der Waals surface area (Å²) in [6.07, 6.45) is -0.858. The van der Waals surface area contributed by atoms with Crippen LogP contribution in [0.15, 0.2) is 34.4 Å². The highest BCUT2D eigenvalue weighted by Gasteiger charge is 2.30. The van der Waals surface area contributed by atoms with Crippen LogP contribution in [0.2, 0.25) is 0 Å². The fourth-order valence-corrected chi connectivity index (χ4v) is 2.26. The van der Waals surface area contributed by atoms with Crippen molar-refractivity contribution in [3.05, 3.63) is 24.3 Å². The summed E-state index contributed by atoms with van der Waals surface area (Å²) in [6.45, 7) is 4.61. The normalized spacial score (nSPS) is 16.7. The number of hydrogen-bond donors (Lipinski definition) is 3. The molecule has 2 rings (SSSR count). The predicted octanol–water partition coefficient (Wildman–Crippen LogP) is 0.958. The molecule has 5 N–H and O–H groups in total. The van der Waals surface area contributed by atoms with Crippen molar-refractivity contribution in [3.8, 4) is 5.75 Å². The van der Waals surface area contributed by atoms with E-state index in [2.05, 4.69) is 10.1 Å². The number of hydrogen-bond acceptors (Lipinski definition) is 7. The molecule has 0 fully saturated rings. The molecule has 0 radical (unpaired) electrons.